The van der Waals surface area contributed by atoms with E-state index in [1.165, 1.54) is 12.8 Å². The molecule has 3 rings (SSSR count). The van der Waals surface area contributed by atoms with Crippen molar-refractivity contribution in [3.8, 4) is 0 Å². The zero-order chi connectivity index (χ0) is 20.6. The van der Waals surface area contributed by atoms with Gasteiger partial charge in [0, 0.05) is 20.1 Å². The molecule has 0 spiro atoms. The SMILES string of the molecule is CN(C(=O)Cc1ccccc1CNC(=O)O)C(CN1CCCC1)c1ccccc1. The summed E-state index contributed by atoms with van der Waals surface area (Å²) in [6, 6.07) is 17.7. The van der Waals surface area contributed by atoms with Crippen molar-refractivity contribution in [2.75, 3.05) is 26.7 Å². The number of nitrogens with one attached hydrogen (secondary N) is 1. The molecule has 1 heterocycles. The minimum atomic E-state index is -1.07. The molecule has 1 fully saturated rings. The molecule has 0 radical (unpaired) electrons. The van der Waals surface area contributed by atoms with Gasteiger partial charge in [-0.1, -0.05) is 54.6 Å². The van der Waals surface area contributed by atoms with Crippen molar-refractivity contribution in [2.24, 2.45) is 0 Å². The van der Waals surface area contributed by atoms with Crippen molar-refractivity contribution in [1.82, 2.24) is 15.1 Å². The van der Waals surface area contributed by atoms with Crippen LogP contribution in [0.4, 0.5) is 4.79 Å². The van der Waals surface area contributed by atoms with Crippen molar-refractivity contribution in [2.45, 2.75) is 31.8 Å². The van der Waals surface area contributed by atoms with Gasteiger partial charge in [-0.2, -0.15) is 0 Å². The zero-order valence-electron chi connectivity index (χ0n) is 16.9. The Morgan fingerprint density at radius 2 is 1.66 bits per heavy atom. The van der Waals surface area contributed by atoms with Gasteiger partial charge in [0.05, 0.1) is 12.5 Å². The first-order valence-corrected chi connectivity index (χ1v) is 10.1. The minimum absolute atomic E-state index is 0.00823. The molecule has 1 aliphatic heterocycles. The summed E-state index contributed by atoms with van der Waals surface area (Å²) < 4.78 is 0. The van der Waals surface area contributed by atoms with Crippen LogP contribution in [0.1, 0.15) is 35.6 Å². The maximum Gasteiger partial charge on any atom is 0.404 e. The molecule has 0 aliphatic carbocycles. The summed E-state index contributed by atoms with van der Waals surface area (Å²) in [5.41, 5.74) is 2.81. The van der Waals surface area contributed by atoms with Crippen LogP contribution in [0.25, 0.3) is 0 Å². The first-order chi connectivity index (χ1) is 14.0. The van der Waals surface area contributed by atoms with Gasteiger partial charge in [-0.25, -0.2) is 4.79 Å². The summed E-state index contributed by atoms with van der Waals surface area (Å²) >= 11 is 0. The number of nitrogens with zero attached hydrogens (tertiary/aromatic N) is 2. The van der Waals surface area contributed by atoms with Gasteiger partial charge in [0.2, 0.25) is 5.91 Å². The van der Waals surface area contributed by atoms with Crippen molar-refractivity contribution < 1.29 is 14.7 Å². The van der Waals surface area contributed by atoms with Gasteiger partial charge in [-0.05, 0) is 42.6 Å². The highest BCUT2D eigenvalue weighted by atomic mass is 16.4. The van der Waals surface area contributed by atoms with E-state index in [1.54, 1.807) is 0 Å². The highest BCUT2D eigenvalue weighted by molar-refractivity contribution is 5.79. The third-order valence-electron chi connectivity index (χ3n) is 5.57. The Hall–Kier alpha value is -2.86. The van der Waals surface area contributed by atoms with E-state index in [0.29, 0.717) is 0 Å². The fraction of sp³-hybridized carbons (Fsp3) is 0.391. The monoisotopic (exact) mass is 395 g/mol. The number of benzene rings is 2. The highest BCUT2D eigenvalue weighted by Crippen LogP contribution is 2.24. The Balaban J connectivity index is 1.74. The van der Waals surface area contributed by atoms with E-state index in [4.69, 9.17) is 5.11 Å². The molecule has 2 aromatic carbocycles. The van der Waals surface area contributed by atoms with Crippen LogP contribution in [0.5, 0.6) is 0 Å². The van der Waals surface area contributed by atoms with Gasteiger partial charge in [-0.3, -0.25) is 4.79 Å². The molecule has 2 amide bonds. The second-order valence-electron chi connectivity index (χ2n) is 7.54. The summed E-state index contributed by atoms with van der Waals surface area (Å²) in [5.74, 6) is 0.0285. The van der Waals surface area contributed by atoms with E-state index in [-0.39, 0.29) is 24.9 Å². The minimum Gasteiger partial charge on any atom is -0.465 e. The summed E-state index contributed by atoms with van der Waals surface area (Å²) in [4.78, 5) is 28.3. The number of likely N-dealkylation sites (tertiary alicyclic amines) is 1. The topological polar surface area (TPSA) is 72.9 Å². The number of likely N-dealkylation sites (N-methyl/N-ethyl adjacent to an activating group) is 1. The number of amides is 2. The lowest BCUT2D eigenvalue weighted by molar-refractivity contribution is -0.131. The zero-order valence-corrected chi connectivity index (χ0v) is 16.9. The maximum absolute atomic E-state index is 13.2. The molecular weight excluding hydrogens is 366 g/mol. The summed E-state index contributed by atoms with van der Waals surface area (Å²) in [5, 5.41) is 11.3. The molecule has 1 aliphatic rings. The van der Waals surface area contributed by atoms with Gasteiger partial charge in [-0.15, -0.1) is 0 Å². The van der Waals surface area contributed by atoms with Gasteiger partial charge < -0.3 is 20.2 Å². The highest BCUT2D eigenvalue weighted by Gasteiger charge is 2.25. The van der Waals surface area contributed by atoms with E-state index in [9.17, 15) is 9.59 Å². The molecule has 0 bridgehead atoms. The average molecular weight is 396 g/mol. The third-order valence-corrected chi connectivity index (χ3v) is 5.57. The van der Waals surface area contributed by atoms with Crippen LogP contribution in [-0.2, 0) is 17.8 Å². The quantitative estimate of drug-likeness (QED) is 0.719. The Labute approximate surface area is 172 Å². The van der Waals surface area contributed by atoms with E-state index in [0.717, 1.165) is 36.3 Å². The fourth-order valence-corrected chi connectivity index (χ4v) is 3.87. The summed E-state index contributed by atoms with van der Waals surface area (Å²) in [6.07, 6.45) is 1.60. The number of rotatable bonds is 8. The van der Waals surface area contributed by atoms with Crippen LogP contribution in [0, 0.1) is 0 Å². The Morgan fingerprint density at radius 3 is 2.31 bits per heavy atom. The Bertz CT molecular complexity index is 819. The molecule has 1 atom stereocenters. The Kier molecular flexibility index (Phi) is 7.25. The predicted octanol–water partition coefficient (Wildman–Crippen LogP) is 3.29. The van der Waals surface area contributed by atoms with Crippen LogP contribution in [0.15, 0.2) is 54.6 Å². The average Bonchev–Trinajstić information content (AvgIpc) is 3.24. The fourth-order valence-electron chi connectivity index (χ4n) is 3.87. The first-order valence-electron chi connectivity index (χ1n) is 10.1. The van der Waals surface area contributed by atoms with Crippen LogP contribution >= 0.6 is 0 Å². The molecule has 0 saturated carbocycles. The van der Waals surface area contributed by atoms with Crippen molar-refractivity contribution in [3.63, 3.8) is 0 Å². The second kappa shape index (κ2) is 10.1. The normalized spacial score (nSPS) is 15.1. The smallest absolute Gasteiger partial charge is 0.404 e. The lowest BCUT2D eigenvalue weighted by atomic mass is 10.0. The summed E-state index contributed by atoms with van der Waals surface area (Å²) in [6.45, 7) is 3.18. The number of hydrogen-bond acceptors (Lipinski definition) is 3. The first kappa shape index (κ1) is 20.9. The summed E-state index contributed by atoms with van der Waals surface area (Å²) in [7, 11) is 1.87. The van der Waals surface area contributed by atoms with E-state index >= 15 is 0 Å². The predicted molar refractivity (Wildman–Crippen MR) is 113 cm³/mol. The van der Waals surface area contributed by atoms with Crippen LogP contribution in [-0.4, -0.2) is 53.6 Å². The third kappa shape index (κ3) is 5.81. The van der Waals surface area contributed by atoms with Crippen LogP contribution in [0.2, 0.25) is 0 Å². The lowest BCUT2D eigenvalue weighted by Crippen LogP contribution is -2.39. The molecule has 1 saturated heterocycles. The largest absolute Gasteiger partial charge is 0.465 e. The Morgan fingerprint density at radius 1 is 1.03 bits per heavy atom. The van der Waals surface area contributed by atoms with E-state index < -0.39 is 6.09 Å². The molecular formula is C23H29N3O3. The van der Waals surface area contributed by atoms with Crippen molar-refractivity contribution in [1.29, 1.82) is 0 Å². The number of carbonyl (C=O) groups excluding carboxylic acids is 1. The van der Waals surface area contributed by atoms with Gasteiger partial charge in [0.25, 0.3) is 0 Å². The molecule has 1 unspecified atom stereocenters. The molecule has 29 heavy (non-hydrogen) atoms. The molecule has 2 aromatic rings. The van der Waals surface area contributed by atoms with Gasteiger partial charge in [0.1, 0.15) is 0 Å². The van der Waals surface area contributed by atoms with Crippen LogP contribution < -0.4 is 5.32 Å². The van der Waals surface area contributed by atoms with Crippen molar-refractivity contribution >= 4 is 12.0 Å². The van der Waals surface area contributed by atoms with Gasteiger partial charge >= 0.3 is 6.09 Å². The van der Waals surface area contributed by atoms with E-state index in [1.807, 2.05) is 54.4 Å². The van der Waals surface area contributed by atoms with Crippen molar-refractivity contribution in [3.05, 3.63) is 71.3 Å². The molecule has 154 valence electrons. The number of carbonyl (C=O) groups is 2. The molecule has 0 aromatic heterocycles. The second-order valence-corrected chi connectivity index (χ2v) is 7.54. The molecule has 2 N–H and O–H groups in total. The molecule has 6 nitrogen and oxygen atoms in total. The maximum atomic E-state index is 13.2. The van der Waals surface area contributed by atoms with E-state index in [2.05, 4.69) is 22.3 Å². The lowest BCUT2D eigenvalue weighted by Gasteiger charge is -2.32. The number of hydrogen-bond donors (Lipinski definition) is 2. The van der Waals surface area contributed by atoms with Gasteiger partial charge in [0.15, 0.2) is 0 Å². The van der Waals surface area contributed by atoms with Crippen LogP contribution in [0.3, 0.4) is 0 Å². The standard InChI is InChI=1S/C23H29N3O3/c1-25(21(17-26-13-7-8-14-26)18-9-3-2-4-10-18)22(27)15-19-11-5-6-12-20(19)16-24-23(28)29/h2-6,9-12,21,24H,7-8,13-17H2,1H3,(H,28,29). The number of carboxylic acid groups (broad SMARTS) is 1. The molecule has 6 heteroatoms.